The van der Waals surface area contributed by atoms with E-state index in [0.29, 0.717) is 29.9 Å². The minimum Gasteiger partial charge on any atom is -0.347 e. The van der Waals surface area contributed by atoms with Gasteiger partial charge in [-0.05, 0) is 29.8 Å². The molecule has 1 heterocycles. The molecule has 0 aromatic heterocycles. The lowest BCUT2D eigenvalue weighted by molar-refractivity contribution is -0.119. The summed E-state index contributed by atoms with van der Waals surface area (Å²) in [6, 6.07) is 16.1. The van der Waals surface area contributed by atoms with Crippen LogP contribution in [0.25, 0.3) is 0 Å². The van der Waals surface area contributed by atoms with Crippen LogP contribution in [0, 0.1) is 0 Å². The number of rotatable bonds is 5. The molecule has 0 aliphatic carbocycles. The highest BCUT2D eigenvalue weighted by atomic mass is 16.2. The van der Waals surface area contributed by atoms with E-state index in [1.54, 1.807) is 50.5 Å². The molecule has 0 saturated carbocycles. The minimum atomic E-state index is -0.304. The monoisotopic (exact) mass is 378 g/mol. The highest BCUT2D eigenvalue weighted by molar-refractivity contribution is 6.40. The molecule has 144 valence electrons. The predicted octanol–water partition coefficient (Wildman–Crippen LogP) is 2.19. The summed E-state index contributed by atoms with van der Waals surface area (Å²) in [7, 11) is 3.40. The molecule has 0 atom stereocenters. The van der Waals surface area contributed by atoms with Crippen LogP contribution in [0.3, 0.4) is 0 Å². The summed E-state index contributed by atoms with van der Waals surface area (Å²) in [5, 5.41) is 8.34. The number of nitrogens with one attached hydrogen (secondary N) is 1. The second kappa shape index (κ2) is 8.47. The maximum atomic E-state index is 12.5. The van der Waals surface area contributed by atoms with Crippen LogP contribution in [0.4, 0.5) is 5.69 Å². The molecule has 1 aliphatic heterocycles. The van der Waals surface area contributed by atoms with Crippen LogP contribution in [-0.4, -0.2) is 42.4 Å². The van der Waals surface area contributed by atoms with Crippen molar-refractivity contribution in [3.05, 3.63) is 65.7 Å². The van der Waals surface area contributed by atoms with Crippen LogP contribution in [-0.2, 0) is 16.1 Å². The van der Waals surface area contributed by atoms with Crippen molar-refractivity contribution in [2.24, 2.45) is 5.10 Å². The topological polar surface area (TPSA) is 82.1 Å². The zero-order valence-corrected chi connectivity index (χ0v) is 15.9. The van der Waals surface area contributed by atoms with Crippen molar-refractivity contribution in [3.63, 3.8) is 0 Å². The molecule has 0 bridgehead atoms. The molecule has 3 amide bonds. The van der Waals surface area contributed by atoms with E-state index in [0.717, 1.165) is 5.56 Å². The number of anilines is 1. The van der Waals surface area contributed by atoms with Gasteiger partial charge < -0.3 is 10.2 Å². The number of benzene rings is 2. The zero-order chi connectivity index (χ0) is 20.1. The molecular weight excluding hydrogens is 356 g/mol. The van der Waals surface area contributed by atoms with Crippen LogP contribution >= 0.6 is 0 Å². The van der Waals surface area contributed by atoms with Gasteiger partial charge in [0.15, 0.2) is 0 Å². The quantitative estimate of drug-likeness (QED) is 0.866. The lowest BCUT2D eigenvalue weighted by Crippen LogP contribution is -2.38. The van der Waals surface area contributed by atoms with Crippen LogP contribution in [0.15, 0.2) is 59.7 Å². The first-order valence-corrected chi connectivity index (χ1v) is 9.00. The Morgan fingerprint density at radius 1 is 1.04 bits per heavy atom. The van der Waals surface area contributed by atoms with Gasteiger partial charge in [0.25, 0.3) is 11.8 Å². The number of hydrogen-bond donors (Lipinski definition) is 1. The van der Waals surface area contributed by atoms with Gasteiger partial charge in [-0.3, -0.25) is 14.4 Å². The minimum absolute atomic E-state index is 0.0715. The maximum Gasteiger partial charge on any atom is 0.267 e. The summed E-state index contributed by atoms with van der Waals surface area (Å²) in [6.07, 6.45) is 0.548. The van der Waals surface area contributed by atoms with Crippen LogP contribution in [0.1, 0.15) is 28.8 Å². The van der Waals surface area contributed by atoms with E-state index in [4.69, 9.17) is 0 Å². The van der Waals surface area contributed by atoms with E-state index < -0.39 is 0 Å². The zero-order valence-electron chi connectivity index (χ0n) is 15.9. The Morgan fingerprint density at radius 3 is 2.36 bits per heavy atom. The van der Waals surface area contributed by atoms with E-state index >= 15 is 0 Å². The number of hydrazone groups is 1. The van der Waals surface area contributed by atoms with Gasteiger partial charge in [0.1, 0.15) is 5.71 Å². The maximum absolute atomic E-state index is 12.5. The third kappa shape index (κ3) is 4.43. The van der Waals surface area contributed by atoms with Crippen LogP contribution in [0.5, 0.6) is 0 Å². The van der Waals surface area contributed by atoms with E-state index in [-0.39, 0.29) is 24.1 Å². The fraction of sp³-hybridized carbons (Fsp3) is 0.238. The average Bonchev–Trinajstić information content (AvgIpc) is 2.72. The third-order valence-corrected chi connectivity index (χ3v) is 4.36. The summed E-state index contributed by atoms with van der Waals surface area (Å²) >= 11 is 0. The molecular formula is C21H22N4O3. The van der Waals surface area contributed by atoms with Gasteiger partial charge in [0, 0.05) is 39.0 Å². The summed E-state index contributed by atoms with van der Waals surface area (Å²) in [5.41, 5.74) is 2.42. The Balaban J connectivity index is 1.64. The first kappa shape index (κ1) is 19.3. The molecule has 1 N–H and O–H groups in total. The first-order chi connectivity index (χ1) is 13.5. The number of hydrogen-bond acceptors (Lipinski definition) is 4. The Kier molecular flexibility index (Phi) is 5.84. The fourth-order valence-corrected chi connectivity index (χ4v) is 2.80. The molecule has 7 heteroatoms. The number of para-hydroxylation sites is 1. The summed E-state index contributed by atoms with van der Waals surface area (Å²) in [6.45, 7) is 0.313. The standard InChI is InChI=1S/C21H22N4O3/c1-24(2)21(28)16-10-8-15(9-11-16)14-22-20(27)18-12-13-19(26)25(23-18)17-6-4-3-5-7-17/h3-11H,12-14H2,1-2H3,(H,22,27). The van der Waals surface area contributed by atoms with E-state index in [2.05, 4.69) is 10.4 Å². The van der Waals surface area contributed by atoms with Crippen molar-refractivity contribution in [3.8, 4) is 0 Å². The van der Waals surface area contributed by atoms with Gasteiger partial charge in [0.2, 0.25) is 5.91 Å². The largest absolute Gasteiger partial charge is 0.347 e. The van der Waals surface area contributed by atoms with Gasteiger partial charge in [-0.25, -0.2) is 5.01 Å². The Morgan fingerprint density at radius 2 is 1.71 bits per heavy atom. The van der Waals surface area contributed by atoms with Gasteiger partial charge in [-0.2, -0.15) is 5.10 Å². The van der Waals surface area contributed by atoms with Crippen molar-refractivity contribution in [1.29, 1.82) is 0 Å². The van der Waals surface area contributed by atoms with Crippen molar-refractivity contribution in [2.75, 3.05) is 19.1 Å². The SMILES string of the molecule is CN(C)C(=O)c1ccc(CNC(=O)C2=NN(c3ccccc3)C(=O)CC2)cc1. The molecule has 0 saturated heterocycles. The average molecular weight is 378 g/mol. The van der Waals surface area contributed by atoms with Crippen molar-refractivity contribution in [2.45, 2.75) is 19.4 Å². The molecule has 1 aliphatic rings. The summed E-state index contributed by atoms with van der Waals surface area (Å²) in [5.74, 6) is -0.511. The molecule has 7 nitrogen and oxygen atoms in total. The fourth-order valence-electron chi connectivity index (χ4n) is 2.80. The molecule has 3 rings (SSSR count). The number of amides is 3. The highest BCUT2D eigenvalue weighted by Gasteiger charge is 2.25. The normalized spacial score (nSPS) is 13.7. The molecule has 0 fully saturated rings. The van der Waals surface area contributed by atoms with E-state index in [1.807, 2.05) is 18.2 Å². The molecule has 0 radical (unpaired) electrons. The van der Waals surface area contributed by atoms with Crippen molar-refractivity contribution >= 4 is 29.1 Å². The highest BCUT2D eigenvalue weighted by Crippen LogP contribution is 2.19. The van der Waals surface area contributed by atoms with Crippen LogP contribution < -0.4 is 10.3 Å². The van der Waals surface area contributed by atoms with Gasteiger partial charge in [-0.15, -0.1) is 0 Å². The molecule has 2 aromatic carbocycles. The second-order valence-electron chi connectivity index (χ2n) is 6.67. The van der Waals surface area contributed by atoms with Gasteiger partial charge in [0.05, 0.1) is 5.69 Å². The second-order valence-corrected chi connectivity index (χ2v) is 6.67. The van der Waals surface area contributed by atoms with E-state index in [9.17, 15) is 14.4 Å². The lowest BCUT2D eigenvalue weighted by Gasteiger charge is -2.23. The summed E-state index contributed by atoms with van der Waals surface area (Å²) < 4.78 is 0. The molecule has 0 spiro atoms. The van der Waals surface area contributed by atoms with Gasteiger partial charge >= 0.3 is 0 Å². The van der Waals surface area contributed by atoms with Crippen LogP contribution in [0.2, 0.25) is 0 Å². The molecule has 0 unspecified atom stereocenters. The number of carbonyl (C=O) groups is 3. The smallest absolute Gasteiger partial charge is 0.267 e. The third-order valence-electron chi connectivity index (χ3n) is 4.36. The Bertz CT molecular complexity index is 905. The van der Waals surface area contributed by atoms with Crippen molar-refractivity contribution < 1.29 is 14.4 Å². The Labute approximate surface area is 163 Å². The first-order valence-electron chi connectivity index (χ1n) is 9.00. The van der Waals surface area contributed by atoms with Gasteiger partial charge in [-0.1, -0.05) is 30.3 Å². The summed E-state index contributed by atoms with van der Waals surface area (Å²) in [4.78, 5) is 38.0. The molecule has 28 heavy (non-hydrogen) atoms. The molecule has 2 aromatic rings. The predicted molar refractivity (Wildman–Crippen MR) is 107 cm³/mol. The lowest BCUT2D eigenvalue weighted by atomic mass is 10.1. The van der Waals surface area contributed by atoms with E-state index in [1.165, 1.54) is 9.91 Å². The Hall–Kier alpha value is -3.48. The number of nitrogens with zero attached hydrogens (tertiary/aromatic N) is 3. The van der Waals surface area contributed by atoms with Crippen molar-refractivity contribution in [1.82, 2.24) is 10.2 Å². The number of carbonyl (C=O) groups excluding carboxylic acids is 3.